The topological polar surface area (TPSA) is 49.1 Å². The molecular weight excluding hydrogens is 534 g/mol. The molecule has 1 N–H and O–H groups in total. The molecule has 0 fully saturated rings. The Labute approximate surface area is 256 Å². The van der Waals surface area contributed by atoms with Gasteiger partial charge in [0.25, 0.3) is 0 Å². The SMILES string of the molecule is N=CC=N/C=C/c1cccc(-c2ccc3c4c(cccc24)-c2c-3c(-c3ccccc3)c3ccccc3c2-c2ccccc2)n1. The number of aliphatic imine (C=N–C) groups is 1. The van der Waals surface area contributed by atoms with Crippen LogP contribution in [0.15, 0.2) is 145 Å². The molecule has 0 amide bonds. The molecule has 0 radical (unpaired) electrons. The molecule has 0 saturated carbocycles. The fourth-order valence-electron chi connectivity index (χ4n) is 6.74. The summed E-state index contributed by atoms with van der Waals surface area (Å²) in [6.07, 6.45) is 6.14. The molecule has 0 spiro atoms. The van der Waals surface area contributed by atoms with Crippen molar-refractivity contribution in [2.45, 2.75) is 0 Å². The van der Waals surface area contributed by atoms with Gasteiger partial charge in [-0.1, -0.05) is 121 Å². The van der Waals surface area contributed by atoms with Crippen molar-refractivity contribution in [1.29, 1.82) is 5.41 Å². The maximum Gasteiger partial charge on any atom is 0.0715 e. The normalized spacial score (nSPS) is 12.0. The van der Waals surface area contributed by atoms with Crippen LogP contribution in [-0.4, -0.2) is 17.4 Å². The molecule has 3 nitrogen and oxygen atoms in total. The maximum absolute atomic E-state index is 7.14. The van der Waals surface area contributed by atoms with E-state index in [2.05, 4.69) is 126 Å². The highest BCUT2D eigenvalue weighted by atomic mass is 14.7. The zero-order valence-electron chi connectivity index (χ0n) is 23.9. The molecule has 0 bridgehead atoms. The Hall–Kier alpha value is -5.93. The summed E-state index contributed by atoms with van der Waals surface area (Å²) in [6.45, 7) is 0. The molecule has 0 aliphatic heterocycles. The zero-order chi connectivity index (χ0) is 29.5. The minimum atomic E-state index is 0.820. The van der Waals surface area contributed by atoms with E-state index < -0.39 is 0 Å². The van der Waals surface area contributed by atoms with Crippen molar-refractivity contribution in [3.8, 4) is 55.8 Å². The second-order valence-electron chi connectivity index (χ2n) is 10.9. The van der Waals surface area contributed by atoms with Crippen LogP contribution in [0.5, 0.6) is 0 Å². The number of rotatable bonds is 6. The minimum Gasteiger partial charge on any atom is -0.307 e. The van der Waals surface area contributed by atoms with Gasteiger partial charge in [-0.05, 0) is 84.3 Å². The first-order chi connectivity index (χ1) is 21.8. The molecule has 0 unspecified atom stereocenters. The van der Waals surface area contributed by atoms with Gasteiger partial charge in [-0.2, -0.15) is 0 Å². The van der Waals surface area contributed by atoms with E-state index in [4.69, 9.17) is 10.4 Å². The van der Waals surface area contributed by atoms with E-state index in [9.17, 15) is 0 Å². The highest BCUT2D eigenvalue weighted by Gasteiger charge is 2.31. The Bertz CT molecular complexity index is 2190. The summed E-state index contributed by atoms with van der Waals surface area (Å²) in [5.74, 6) is 0. The lowest BCUT2D eigenvalue weighted by molar-refractivity contribution is 1.30. The Balaban J connectivity index is 1.45. The van der Waals surface area contributed by atoms with E-state index in [1.807, 2.05) is 18.2 Å². The predicted octanol–water partition coefficient (Wildman–Crippen LogP) is 10.7. The first kappa shape index (κ1) is 25.8. The summed E-state index contributed by atoms with van der Waals surface area (Å²) in [7, 11) is 0. The van der Waals surface area contributed by atoms with Crippen LogP contribution in [0, 0.1) is 5.41 Å². The fourth-order valence-corrected chi connectivity index (χ4v) is 6.74. The molecule has 8 rings (SSSR count). The van der Waals surface area contributed by atoms with Crippen LogP contribution in [0.2, 0.25) is 0 Å². The molecule has 44 heavy (non-hydrogen) atoms. The van der Waals surface area contributed by atoms with Crippen LogP contribution in [0.3, 0.4) is 0 Å². The third-order valence-corrected chi connectivity index (χ3v) is 8.46. The molecule has 1 aliphatic carbocycles. The number of hydrogen-bond donors (Lipinski definition) is 1. The molecule has 206 valence electrons. The van der Waals surface area contributed by atoms with Gasteiger partial charge in [-0.3, -0.25) is 4.99 Å². The van der Waals surface area contributed by atoms with Gasteiger partial charge < -0.3 is 5.41 Å². The quantitative estimate of drug-likeness (QED) is 0.202. The molecule has 0 saturated heterocycles. The minimum absolute atomic E-state index is 0.820. The van der Waals surface area contributed by atoms with E-state index in [-0.39, 0.29) is 0 Å². The van der Waals surface area contributed by atoms with Crippen LogP contribution in [0.1, 0.15) is 5.69 Å². The lowest BCUT2D eigenvalue weighted by Gasteiger charge is -2.20. The first-order valence-electron chi connectivity index (χ1n) is 14.8. The van der Waals surface area contributed by atoms with Crippen LogP contribution >= 0.6 is 0 Å². The highest BCUT2D eigenvalue weighted by molar-refractivity contribution is 6.28. The van der Waals surface area contributed by atoms with E-state index >= 15 is 0 Å². The van der Waals surface area contributed by atoms with Crippen molar-refractivity contribution in [2.24, 2.45) is 4.99 Å². The van der Waals surface area contributed by atoms with E-state index in [0.29, 0.717) is 0 Å². The van der Waals surface area contributed by atoms with Crippen molar-refractivity contribution >= 4 is 40.1 Å². The van der Waals surface area contributed by atoms with Crippen LogP contribution in [0.4, 0.5) is 0 Å². The van der Waals surface area contributed by atoms with Crippen molar-refractivity contribution in [1.82, 2.24) is 4.98 Å². The molecule has 7 aromatic rings. The zero-order valence-corrected chi connectivity index (χ0v) is 23.9. The monoisotopic (exact) mass is 561 g/mol. The Kier molecular flexibility index (Phi) is 6.28. The highest BCUT2D eigenvalue weighted by Crippen LogP contribution is 2.58. The number of pyridine rings is 1. The van der Waals surface area contributed by atoms with Crippen molar-refractivity contribution in [3.05, 3.63) is 145 Å². The van der Waals surface area contributed by atoms with Crippen molar-refractivity contribution in [2.75, 3.05) is 0 Å². The average Bonchev–Trinajstić information content (AvgIpc) is 3.41. The Morgan fingerprint density at radius 3 is 1.73 bits per heavy atom. The van der Waals surface area contributed by atoms with Gasteiger partial charge in [0, 0.05) is 24.2 Å². The fraction of sp³-hybridized carbons (Fsp3) is 0. The number of nitrogens with one attached hydrogen (secondary N) is 1. The number of fused-ring (bicyclic) bond motifs is 4. The smallest absolute Gasteiger partial charge is 0.0715 e. The maximum atomic E-state index is 7.14. The van der Waals surface area contributed by atoms with Gasteiger partial charge in [0.05, 0.1) is 11.4 Å². The van der Waals surface area contributed by atoms with Crippen LogP contribution in [-0.2, 0) is 0 Å². The van der Waals surface area contributed by atoms with Gasteiger partial charge in [-0.25, -0.2) is 4.98 Å². The third kappa shape index (κ3) is 4.10. The van der Waals surface area contributed by atoms with Crippen LogP contribution in [0.25, 0.3) is 83.4 Å². The number of benzene rings is 6. The molecule has 1 aliphatic rings. The molecule has 3 heteroatoms. The average molecular weight is 562 g/mol. The van der Waals surface area contributed by atoms with Gasteiger partial charge in [-0.15, -0.1) is 0 Å². The molecule has 6 aromatic carbocycles. The number of hydrogen-bond acceptors (Lipinski definition) is 3. The molecular formula is C41H27N3. The van der Waals surface area contributed by atoms with E-state index in [1.165, 1.54) is 72.3 Å². The Morgan fingerprint density at radius 1 is 0.500 bits per heavy atom. The summed E-state index contributed by atoms with van der Waals surface area (Å²) in [4.78, 5) is 9.07. The van der Waals surface area contributed by atoms with Crippen molar-refractivity contribution in [3.63, 3.8) is 0 Å². The van der Waals surface area contributed by atoms with Gasteiger partial charge in [0.2, 0.25) is 0 Å². The van der Waals surface area contributed by atoms with Gasteiger partial charge in [0.15, 0.2) is 0 Å². The largest absolute Gasteiger partial charge is 0.307 e. The van der Waals surface area contributed by atoms with Crippen LogP contribution < -0.4 is 0 Å². The summed E-state index contributed by atoms with van der Waals surface area (Å²) >= 11 is 0. The summed E-state index contributed by atoms with van der Waals surface area (Å²) in [5, 5.41) is 12.1. The lowest BCUT2D eigenvalue weighted by atomic mass is 9.82. The molecule has 0 atom stereocenters. The van der Waals surface area contributed by atoms with E-state index in [0.717, 1.165) is 23.2 Å². The van der Waals surface area contributed by atoms with Gasteiger partial charge >= 0.3 is 0 Å². The number of aromatic nitrogens is 1. The number of nitrogens with zero attached hydrogens (tertiary/aromatic N) is 2. The predicted molar refractivity (Wildman–Crippen MR) is 186 cm³/mol. The third-order valence-electron chi connectivity index (χ3n) is 8.46. The first-order valence-corrected chi connectivity index (χ1v) is 14.8. The second kappa shape index (κ2) is 10.7. The summed E-state index contributed by atoms with van der Waals surface area (Å²) in [5.41, 5.74) is 12.9. The lowest BCUT2D eigenvalue weighted by Crippen LogP contribution is -1.93. The van der Waals surface area contributed by atoms with Gasteiger partial charge in [0.1, 0.15) is 0 Å². The molecule has 1 heterocycles. The summed E-state index contributed by atoms with van der Waals surface area (Å²) in [6, 6.07) is 47.8. The summed E-state index contributed by atoms with van der Waals surface area (Å²) < 4.78 is 0. The molecule has 1 aromatic heterocycles. The standard InChI is InChI=1S/C41H27N3/c42-24-26-43-25-23-29-15-9-20-36(44-29)30-21-22-35-39-31(30)18-10-19-34(39)40-37(27-11-3-1-4-12-27)32-16-7-8-17-33(32)38(41(35)40)28-13-5-2-6-14-28/h1-26,42H/b25-23+,42-24?,43-26?. The van der Waals surface area contributed by atoms with Crippen molar-refractivity contribution < 1.29 is 0 Å². The Morgan fingerprint density at radius 2 is 1.07 bits per heavy atom. The second-order valence-corrected chi connectivity index (χ2v) is 10.9. The van der Waals surface area contributed by atoms with E-state index in [1.54, 1.807) is 6.20 Å².